The summed E-state index contributed by atoms with van der Waals surface area (Å²) in [6.45, 7) is 0. The van der Waals surface area contributed by atoms with Gasteiger partial charge in [-0.25, -0.2) is 0 Å². The molecule has 2 heterocycles. The Morgan fingerprint density at radius 1 is 0.176 bits per heavy atom. The van der Waals surface area contributed by atoms with Crippen molar-refractivity contribution in [1.82, 2.24) is 0 Å². The van der Waals surface area contributed by atoms with Crippen molar-refractivity contribution in [2.45, 2.75) is 0 Å². The molecule has 2 heteroatoms. The average molecular weight is 859 g/mol. The molecule has 13 aromatic carbocycles. The minimum atomic E-state index is 0.895. The molecule has 2 aliphatic carbocycles. The topological polar surface area (TPSA) is 26.3 Å². The summed E-state index contributed by atoms with van der Waals surface area (Å²) in [7, 11) is 0. The molecule has 0 N–H and O–H groups in total. The van der Waals surface area contributed by atoms with Crippen LogP contribution < -0.4 is 0 Å². The van der Waals surface area contributed by atoms with E-state index in [1.54, 1.807) is 0 Å². The zero-order valence-corrected chi connectivity index (χ0v) is 36.4. The van der Waals surface area contributed by atoms with Crippen LogP contribution in [0.4, 0.5) is 0 Å². The maximum absolute atomic E-state index is 6.60. The van der Waals surface area contributed by atoms with E-state index in [-0.39, 0.29) is 0 Å². The number of hydrogen-bond donors (Lipinski definition) is 0. The molecule has 0 saturated heterocycles. The second kappa shape index (κ2) is 12.5. The van der Waals surface area contributed by atoms with E-state index in [1.807, 2.05) is 0 Å². The van der Waals surface area contributed by atoms with Gasteiger partial charge >= 0.3 is 0 Å². The Morgan fingerprint density at radius 2 is 0.544 bits per heavy atom. The molecule has 0 aliphatic heterocycles. The van der Waals surface area contributed by atoms with Crippen molar-refractivity contribution in [3.63, 3.8) is 0 Å². The third kappa shape index (κ3) is 4.38. The van der Waals surface area contributed by atoms with Crippen molar-refractivity contribution in [3.05, 3.63) is 206 Å². The van der Waals surface area contributed by atoms with Crippen molar-refractivity contribution >= 4 is 109 Å². The quantitative estimate of drug-likeness (QED) is 0.162. The molecule has 15 aromatic rings. The number of rotatable bonds is 2. The molecule has 2 aliphatic rings. The Bertz CT molecular complexity index is 4840. The first-order chi connectivity index (χ1) is 33.7. The van der Waals surface area contributed by atoms with E-state index in [2.05, 4.69) is 206 Å². The highest BCUT2D eigenvalue weighted by Crippen LogP contribution is 2.56. The summed E-state index contributed by atoms with van der Waals surface area (Å²) in [5.41, 5.74) is 18.6. The summed E-state index contributed by atoms with van der Waals surface area (Å²) in [5, 5.41) is 19.7. The molecule has 0 amide bonds. The molecular formula is C66H34O2. The molecule has 310 valence electrons. The van der Waals surface area contributed by atoms with Crippen LogP contribution in [-0.4, -0.2) is 0 Å². The van der Waals surface area contributed by atoms with Gasteiger partial charge in [0.1, 0.15) is 22.3 Å². The Labute approximate surface area is 388 Å². The maximum Gasteiger partial charge on any atom is 0.136 e. The number of fused-ring (bicyclic) bond motifs is 19. The Balaban J connectivity index is 1.08. The van der Waals surface area contributed by atoms with E-state index >= 15 is 0 Å². The van der Waals surface area contributed by atoms with Crippen LogP contribution in [0, 0.1) is 0 Å². The second-order valence-electron chi connectivity index (χ2n) is 19.0. The van der Waals surface area contributed by atoms with E-state index in [1.165, 1.54) is 131 Å². The lowest BCUT2D eigenvalue weighted by atomic mass is 9.83. The molecule has 0 atom stereocenters. The monoisotopic (exact) mass is 858 g/mol. The maximum atomic E-state index is 6.60. The second-order valence-corrected chi connectivity index (χ2v) is 19.0. The highest BCUT2D eigenvalue weighted by atomic mass is 16.3. The van der Waals surface area contributed by atoms with Crippen molar-refractivity contribution in [1.29, 1.82) is 0 Å². The van der Waals surface area contributed by atoms with Crippen molar-refractivity contribution < 1.29 is 8.83 Å². The van der Waals surface area contributed by atoms with Gasteiger partial charge in [-0.15, -0.1) is 0 Å². The summed E-state index contributed by atoms with van der Waals surface area (Å²) in [6, 6.07) is 76.8. The van der Waals surface area contributed by atoms with Crippen LogP contribution in [0.2, 0.25) is 0 Å². The molecule has 68 heavy (non-hydrogen) atoms. The summed E-state index contributed by atoms with van der Waals surface area (Å²) in [5.74, 6) is 0. The summed E-state index contributed by atoms with van der Waals surface area (Å²) in [6.07, 6.45) is 0. The summed E-state index contributed by atoms with van der Waals surface area (Å²) < 4.78 is 13.2. The van der Waals surface area contributed by atoms with Gasteiger partial charge in [0.25, 0.3) is 0 Å². The van der Waals surface area contributed by atoms with Gasteiger partial charge in [0, 0.05) is 21.5 Å². The van der Waals surface area contributed by atoms with Crippen LogP contribution in [0.3, 0.4) is 0 Å². The van der Waals surface area contributed by atoms with Gasteiger partial charge in [0.05, 0.1) is 0 Å². The third-order valence-electron chi connectivity index (χ3n) is 15.7. The molecule has 0 fully saturated rings. The smallest absolute Gasteiger partial charge is 0.136 e. The van der Waals surface area contributed by atoms with Crippen LogP contribution in [0.25, 0.3) is 175 Å². The minimum absolute atomic E-state index is 0.895. The Hall–Kier alpha value is -8.98. The molecule has 2 aromatic heterocycles. The van der Waals surface area contributed by atoms with Crippen molar-refractivity contribution in [2.75, 3.05) is 0 Å². The first kappa shape index (κ1) is 35.3. The van der Waals surface area contributed by atoms with E-state index in [0.717, 1.165) is 43.9 Å². The van der Waals surface area contributed by atoms with Crippen LogP contribution >= 0.6 is 0 Å². The fraction of sp³-hybridized carbons (Fsp3) is 0. The lowest BCUT2D eigenvalue weighted by Crippen LogP contribution is -1.92. The van der Waals surface area contributed by atoms with Gasteiger partial charge in [-0.1, -0.05) is 140 Å². The molecule has 2 nitrogen and oxygen atoms in total. The largest absolute Gasteiger partial charge is 0.456 e. The molecule has 17 rings (SSSR count). The number of benzene rings is 13. The standard InChI is InChI=1S/C66H34O2/c1-2-15-37-36(12-1)28-58-57-34-52-50(43-23-11-27-62-66(43)45-17-4-6-25-60(45)68-62)33-55-53-30-47-40-19-8-14-35-13-7-18-39(63(35)40)46(47)29-51(53)49(42-22-10-26-61-65(42)44-16-3-5-24-59(44)67-61)32-56(55)54(52)31-48(57)41-21-9-20-38(37)64(41)58/h1-34H. The Morgan fingerprint density at radius 3 is 1.12 bits per heavy atom. The van der Waals surface area contributed by atoms with Crippen molar-refractivity contribution in [3.8, 4) is 66.8 Å². The first-order valence-corrected chi connectivity index (χ1v) is 23.6. The average Bonchev–Trinajstić information content (AvgIpc) is 4.14. The van der Waals surface area contributed by atoms with Gasteiger partial charge in [0.15, 0.2) is 0 Å². The molecule has 0 spiro atoms. The van der Waals surface area contributed by atoms with Crippen LogP contribution in [-0.2, 0) is 0 Å². The predicted molar refractivity (Wildman–Crippen MR) is 286 cm³/mol. The van der Waals surface area contributed by atoms with E-state index in [9.17, 15) is 0 Å². The van der Waals surface area contributed by atoms with Crippen LogP contribution in [0.15, 0.2) is 215 Å². The van der Waals surface area contributed by atoms with Gasteiger partial charge < -0.3 is 8.83 Å². The summed E-state index contributed by atoms with van der Waals surface area (Å²) in [4.78, 5) is 0. The lowest BCUT2D eigenvalue weighted by Gasteiger charge is -2.19. The molecular weight excluding hydrogens is 825 g/mol. The lowest BCUT2D eigenvalue weighted by molar-refractivity contribution is 0.668. The predicted octanol–water partition coefficient (Wildman–Crippen LogP) is 19.0. The van der Waals surface area contributed by atoms with Crippen LogP contribution in [0.1, 0.15) is 0 Å². The van der Waals surface area contributed by atoms with Gasteiger partial charge in [-0.2, -0.15) is 0 Å². The van der Waals surface area contributed by atoms with Gasteiger partial charge in [-0.05, 0) is 198 Å². The van der Waals surface area contributed by atoms with Gasteiger partial charge in [-0.3, -0.25) is 0 Å². The number of furan rings is 2. The number of para-hydroxylation sites is 2. The highest BCUT2D eigenvalue weighted by Gasteiger charge is 2.28. The van der Waals surface area contributed by atoms with E-state index in [0.29, 0.717) is 0 Å². The zero-order chi connectivity index (χ0) is 43.9. The first-order valence-electron chi connectivity index (χ1n) is 23.6. The molecule has 0 saturated carbocycles. The number of hydrogen-bond acceptors (Lipinski definition) is 2. The highest BCUT2D eigenvalue weighted by molar-refractivity contribution is 6.32. The molecule has 0 radical (unpaired) electrons. The minimum Gasteiger partial charge on any atom is -0.456 e. The summed E-state index contributed by atoms with van der Waals surface area (Å²) >= 11 is 0. The fourth-order valence-electron chi connectivity index (χ4n) is 12.9. The molecule has 0 unspecified atom stereocenters. The van der Waals surface area contributed by atoms with E-state index < -0.39 is 0 Å². The van der Waals surface area contributed by atoms with Crippen molar-refractivity contribution in [2.24, 2.45) is 0 Å². The SMILES string of the molecule is c1cc2c3c(cccc3c1)-c1cc3c(cc1-2)c(-c1cccc2oc4ccccc4c12)cc1c2cc4c(cc2c(-c2cccc5oc6ccccc6c25)cc31)-c1cc2ccccc2c2cccc-4c12. The van der Waals surface area contributed by atoms with Gasteiger partial charge in [0.2, 0.25) is 0 Å². The normalized spacial score (nSPS) is 12.7. The van der Waals surface area contributed by atoms with Crippen LogP contribution in [0.5, 0.6) is 0 Å². The third-order valence-corrected chi connectivity index (χ3v) is 15.7. The van der Waals surface area contributed by atoms with E-state index in [4.69, 9.17) is 8.83 Å². The zero-order valence-electron chi connectivity index (χ0n) is 36.4. The molecule has 0 bridgehead atoms. The fourth-order valence-corrected chi connectivity index (χ4v) is 12.9. The Kier molecular flexibility index (Phi) is 6.47.